The van der Waals surface area contributed by atoms with Gasteiger partial charge in [0.1, 0.15) is 17.3 Å². The van der Waals surface area contributed by atoms with E-state index in [9.17, 15) is 27.2 Å². The van der Waals surface area contributed by atoms with Crippen LogP contribution in [0, 0.1) is 12.7 Å². The zero-order valence-corrected chi connectivity index (χ0v) is 16.1. The van der Waals surface area contributed by atoms with Crippen LogP contribution in [-0.4, -0.2) is 17.0 Å². The molecule has 3 rings (SSSR count). The number of benzene rings is 3. The number of primary amides is 1. The van der Waals surface area contributed by atoms with Gasteiger partial charge in [0.25, 0.3) is 5.91 Å². The summed E-state index contributed by atoms with van der Waals surface area (Å²) in [6, 6.07) is 14.2. The second kappa shape index (κ2) is 9.75. The predicted octanol–water partition coefficient (Wildman–Crippen LogP) is 5.43. The van der Waals surface area contributed by atoms with Gasteiger partial charge in [-0.1, -0.05) is 18.2 Å². The number of carbonyl (C=O) groups is 2. The third-order valence-electron chi connectivity index (χ3n) is 3.95. The summed E-state index contributed by atoms with van der Waals surface area (Å²) >= 11 is 0. The van der Waals surface area contributed by atoms with E-state index in [0.717, 1.165) is 24.3 Å². The summed E-state index contributed by atoms with van der Waals surface area (Å²) in [7, 11) is 0. The van der Waals surface area contributed by atoms with Crippen molar-refractivity contribution in [3.8, 4) is 11.5 Å². The maximum absolute atomic E-state index is 13.0. The fourth-order valence-electron chi connectivity index (χ4n) is 2.41. The van der Waals surface area contributed by atoms with E-state index < -0.39 is 29.4 Å². The van der Waals surface area contributed by atoms with E-state index in [1.165, 1.54) is 13.0 Å². The van der Waals surface area contributed by atoms with Gasteiger partial charge >= 0.3 is 12.1 Å². The Bertz CT molecular complexity index is 1080. The molecule has 0 saturated heterocycles. The van der Waals surface area contributed by atoms with Gasteiger partial charge in [-0.05, 0) is 61.0 Å². The molecule has 0 spiro atoms. The molecule has 0 heterocycles. The average molecular weight is 435 g/mol. The highest BCUT2D eigenvalue weighted by molar-refractivity contribution is 5.95. The van der Waals surface area contributed by atoms with Gasteiger partial charge in [-0.3, -0.25) is 4.79 Å². The first kappa shape index (κ1) is 23.4. The summed E-state index contributed by atoms with van der Waals surface area (Å²) in [6.45, 7) is 1.52. The van der Waals surface area contributed by atoms with Gasteiger partial charge in [-0.25, -0.2) is 9.18 Å². The highest BCUT2D eigenvalue weighted by Crippen LogP contribution is 2.35. The number of carboxylic acids is 1. The molecule has 0 aromatic heterocycles. The molecule has 0 aliphatic heterocycles. The van der Waals surface area contributed by atoms with Crippen molar-refractivity contribution in [1.82, 2.24) is 0 Å². The minimum Gasteiger partial charge on any atom is -0.478 e. The van der Waals surface area contributed by atoms with Gasteiger partial charge in [0.15, 0.2) is 0 Å². The lowest BCUT2D eigenvalue weighted by atomic mass is 10.1. The number of aromatic carboxylic acids is 1. The Balaban J connectivity index is 0.000000316. The monoisotopic (exact) mass is 435 g/mol. The minimum absolute atomic E-state index is 0.128. The number of hydrogen-bond donors (Lipinski definition) is 2. The number of carboxylic acid groups (broad SMARTS) is 1. The summed E-state index contributed by atoms with van der Waals surface area (Å²) in [6.07, 6.45) is -4.59. The lowest BCUT2D eigenvalue weighted by Crippen LogP contribution is -2.14. The number of halogens is 4. The summed E-state index contributed by atoms with van der Waals surface area (Å²) in [4.78, 5) is 21.5. The first-order valence-corrected chi connectivity index (χ1v) is 8.72. The number of rotatable bonds is 4. The molecule has 0 saturated carbocycles. The molecule has 9 heteroatoms. The molecule has 0 aliphatic rings. The van der Waals surface area contributed by atoms with Crippen LogP contribution in [0.25, 0.3) is 0 Å². The Labute approximate surface area is 174 Å². The molecule has 31 heavy (non-hydrogen) atoms. The van der Waals surface area contributed by atoms with Gasteiger partial charge in [-0.15, -0.1) is 0 Å². The van der Waals surface area contributed by atoms with Crippen LogP contribution in [0.4, 0.5) is 17.6 Å². The van der Waals surface area contributed by atoms with Gasteiger partial charge < -0.3 is 15.6 Å². The average Bonchev–Trinajstić information content (AvgIpc) is 2.70. The molecule has 3 N–H and O–H groups in total. The molecule has 1 amide bonds. The maximum Gasteiger partial charge on any atom is 0.416 e. The van der Waals surface area contributed by atoms with Crippen LogP contribution in [-0.2, 0) is 6.18 Å². The highest BCUT2D eigenvalue weighted by atomic mass is 19.4. The fourth-order valence-corrected chi connectivity index (χ4v) is 2.41. The van der Waals surface area contributed by atoms with E-state index in [0.29, 0.717) is 17.2 Å². The third kappa shape index (κ3) is 6.56. The summed E-state index contributed by atoms with van der Waals surface area (Å²) in [5, 5.41) is 8.38. The molecule has 3 aromatic rings. The van der Waals surface area contributed by atoms with Crippen molar-refractivity contribution in [1.29, 1.82) is 0 Å². The first-order valence-electron chi connectivity index (χ1n) is 8.72. The molecule has 0 unspecified atom stereocenters. The number of aryl methyl sites for hydroxylation is 1. The molecular formula is C22H17F4NO4. The molecule has 0 radical (unpaired) electrons. The Morgan fingerprint density at radius 2 is 1.58 bits per heavy atom. The summed E-state index contributed by atoms with van der Waals surface area (Å²) in [5.41, 5.74) is 4.65. The van der Waals surface area contributed by atoms with Crippen LogP contribution in [0.15, 0.2) is 66.7 Å². The Morgan fingerprint density at radius 1 is 0.935 bits per heavy atom. The molecule has 5 nitrogen and oxygen atoms in total. The normalized spacial score (nSPS) is 10.6. The largest absolute Gasteiger partial charge is 0.478 e. The smallest absolute Gasteiger partial charge is 0.416 e. The SMILES string of the molecule is Cc1cc(F)ccc1Oc1cc(C(F)(F)F)ccc1C(N)=O.O=C(O)c1ccccc1. The van der Waals surface area contributed by atoms with Crippen LogP contribution in [0.2, 0.25) is 0 Å². The van der Waals surface area contributed by atoms with E-state index in [1.54, 1.807) is 30.3 Å². The Morgan fingerprint density at radius 3 is 2.06 bits per heavy atom. The zero-order valence-electron chi connectivity index (χ0n) is 16.1. The van der Waals surface area contributed by atoms with Crippen molar-refractivity contribution < 1.29 is 37.0 Å². The maximum atomic E-state index is 13.0. The van der Waals surface area contributed by atoms with Gasteiger partial charge in [-0.2, -0.15) is 13.2 Å². The highest BCUT2D eigenvalue weighted by Gasteiger charge is 2.32. The lowest BCUT2D eigenvalue weighted by Gasteiger charge is -2.14. The number of ether oxygens (including phenoxy) is 1. The van der Waals surface area contributed by atoms with Gasteiger partial charge in [0.05, 0.1) is 16.7 Å². The second-order valence-corrected chi connectivity index (χ2v) is 6.26. The number of hydrogen-bond acceptors (Lipinski definition) is 3. The van der Waals surface area contributed by atoms with E-state index in [-0.39, 0.29) is 17.1 Å². The van der Waals surface area contributed by atoms with Crippen LogP contribution in [0.5, 0.6) is 11.5 Å². The zero-order chi connectivity index (χ0) is 23.2. The van der Waals surface area contributed by atoms with Crippen molar-refractivity contribution >= 4 is 11.9 Å². The standard InChI is InChI=1S/C15H11F4NO2.C7H6O2/c1-8-6-10(16)3-5-12(8)22-13-7-9(15(17,18)19)2-4-11(13)14(20)21;8-7(9)6-4-2-1-3-5-6/h2-7H,1H3,(H2,20,21);1-5H,(H,8,9). The predicted molar refractivity (Wildman–Crippen MR) is 105 cm³/mol. The van der Waals surface area contributed by atoms with Crippen LogP contribution in [0.3, 0.4) is 0 Å². The topological polar surface area (TPSA) is 89.6 Å². The van der Waals surface area contributed by atoms with Gasteiger partial charge in [0.2, 0.25) is 0 Å². The summed E-state index contributed by atoms with van der Waals surface area (Å²) in [5.74, 6) is -2.52. The second-order valence-electron chi connectivity index (χ2n) is 6.26. The van der Waals surface area contributed by atoms with E-state index in [2.05, 4.69) is 0 Å². The first-order chi connectivity index (χ1) is 14.5. The van der Waals surface area contributed by atoms with Crippen molar-refractivity contribution in [3.63, 3.8) is 0 Å². The number of alkyl halides is 3. The van der Waals surface area contributed by atoms with Crippen molar-refractivity contribution in [2.45, 2.75) is 13.1 Å². The van der Waals surface area contributed by atoms with Crippen molar-refractivity contribution in [2.75, 3.05) is 0 Å². The Kier molecular flexibility index (Phi) is 7.36. The Hall–Kier alpha value is -3.88. The number of nitrogens with two attached hydrogens (primary N) is 1. The third-order valence-corrected chi connectivity index (χ3v) is 3.95. The fraction of sp³-hybridized carbons (Fsp3) is 0.0909. The van der Waals surface area contributed by atoms with Crippen LogP contribution >= 0.6 is 0 Å². The quantitative estimate of drug-likeness (QED) is 0.535. The number of carbonyl (C=O) groups excluding carboxylic acids is 1. The molecule has 162 valence electrons. The molecule has 0 bridgehead atoms. The van der Waals surface area contributed by atoms with Gasteiger partial charge in [0, 0.05) is 0 Å². The van der Waals surface area contributed by atoms with Crippen LogP contribution < -0.4 is 10.5 Å². The molecular weight excluding hydrogens is 418 g/mol. The van der Waals surface area contributed by atoms with Crippen LogP contribution in [0.1, 0.15) is 31.8 Å². The summed E-state index contributed by atoms with van der Waals surface area (Å²) < 4.78 is 56.6. The van der Waals surface area contributed by atoms with E-state index >= 15 is 0 Å². The molecule has 0 aliphatic carbocycles. The van der Waals surface area contributed by atoms with E-state index in [1.807, 2.05) is 0 Å². The minimum atomic E-state index is -4.59. The van der Waals surface area contributed by atoms with E-state index in [4.69, 9.17) is 15.6 Å². The molecule has 0 fully saturated rings. The number of amides is 1. The lowest BCUT2D eigenvalue weighted by molar-refractivity contribution is -0.137. The molecule has 0 atom stereocenters. The molecule has 3 aromatic carbocycles. The van der Waals surface area contributed by atoms with Crippen molar-refractivity contribution in [2.24, 2.45) is 5.73 Å². The van der Waals surface area contributed by atoms with Crippen molar-refractivity contribution in [3.05, 3.63) is 94.8 Å².